The summed E-state index contributed by atoms with van der Waals surface area (Å²) in [5.74, 6) is 0.782. The molecule has 0 aliphatic carbocycles. The maximum Gasteiger partial charge on any atom is 0.219 e. The SMILES string of the molecule is CCCS(=O)(=O)NCc1cnc(CC2CCN(C(C)=O)CC2)cn1. The van der Waals surface area contributed by atoms with Crippen LogP contribution in [0.15, 0.2) is 12.4 Å². The molecule has 1 saturated heterocycles. The van der Waals surface area contributed by atoms with Crippen molar-refractivity contribution in [3.8, 4) is 0 Å². The molecule has 1 amide bonds. The van der Waals surface area contributed by atoms with E-state index in [1.165, 1.54) is 0 Å². The van der Waals surface area contributed by atoms with Crippen LogP contribution in [0.1, 0.15) is 44.5 Å². The van der Waals surface area contributed by atoms with Crippen molar-refractivity contribution in [1.82, 2.24) is 19.6 Å². The number of nitrogens with one attached hydrogen (secondary N) is 1. The van der Waals surface area contributed by atoms with Crippen LogP contribution < -0.4 is 4.72 Å². The van der Waals surface area contributed by atoms with Gasteiger partial charge in [-0.25, -0.2) is 13.1 Å². The van der Waals surface area contributed by atoms with Gasteiger partial charge < -0.3 is 4.90 Å². The van der Waals surface area contributed by atoms with Crippen LogP contribution in [0.25, 0.3) is 0 Å². The molecule has 1 aliphatic heterocycles. The molecule has 1 aromatic heterocycles. The van der Waals surface area contributed by atoms with Gasteiger partial charge in [-0.3, -0.25) is 14.8 Å². The van der Waals surface area contributed by atoms with E-state index in [1.807, 2.05) is 11.8 Å². The molecule has 1 aliphatic rings. The van der Waals surface area contributed by atoms with E-state index in [-0.39, 0.29) is 18.2 Å². The number of rotatable bonds is 7. The number of sulfonamides is 1. The van der Waals surface area contributed by atoms with Gasteiger partial charge in [-0.1, -0.05) is 6.92 Å². The largest absolute Gasteiger partial charge is 0.343 e. The van der Waals surface area contributed by atoms with Gasteiger partial charge in [-0.2, -0.15) is 0 Å². The molecule has 0 spiro atoms. The zero-order valence-electron chi connectivity index (χ0n) is 14.4. The third-order valence-corrected chi connectivity index (χ3v) is 5.79. The van der Waals surface area contributed by atoms with Gasteiger partial charge in [0.1, 0.15) is 0 Å². The van der Waals surface area contributed by atoms with E-state index < -0.39 is 10.0 Å². The van der Waals surface area contributed by atoms with Crippen LogP contribution in [-0.4, -0.2) is 48.0 Å². The summed E-state index contributed by atoms with van der Waals surface area (Å²) in [7, 11) is -3.22. The molecule has 0 saturated carbocycles. The number of hydrogen-bond donors (Lipinski definition) is 1. The topological polar surface area (TPSA) is 92.3 Å². The zero-order chi connectivity index (χ0) is 17.6. The zero-order valence-corrected chi connectivity index (χ0v) is 15.2. The van der Waals surface area contributed by atoms with Crippen LogP contribution in [-0.2, 0) is 27.8 Å². The lowest BCUT2D eigenvalue weighted by molar-refractivity contribution is -0.130. The third-order valence-electron chi connectivity index (χ3n) is 4.26. The summed E-state index contributed by atoms with van der Waals surface area (Å²) in [4.78, 5) is 21.9. The highest BCUT2D eigenvalue weighted by Gasteiger charge is 2.21. The first kappa shape index (κ1) is 18.8. The van der Waals surface area contributed by atoms with Crippen molar-refractivity contribution in [2.24, 2.45) is 5.92 Å². The molecule has 0 radical (unpaired) electrons. The Morgan fingerprint density at radius 1 is 1.25 bits per heavy atom. The van der Waals surface area contributed by atoms with Gasteiger partial charge in [-0.15, -0.1) is 0 Å². The molecular formula is C16H26N4O3S. The Morgan fingerprint density at radius 3 is 2.42 bits per heavy atom. The highest BCUT2D eigenvalue weighted by Crippen LogP contribution is 2.20. The van der Waals surface area contributed by atoms with Gasteiger partial charge in [0, 0.05) is 26.2 Å². The van der Waals surface area contributed by atoms with Gasteiger partial charge in [0.05, 0.1) is 29.9 Å². The van der Waals surface area contributed by atoms with Gasteiger partial charge in [0.15, 0.2) is 0 Å². The van der Waals surface area contributed by atoms with Crippen LogP contribution in [0.4, 0.5) is 0 Å². The standard InChI is InChI=1S/C16H26N4O3S/c1-3-8-24(22,23)19-12-16-11-17-15(10-18-16)9-14-4-6-20(7-5-14)13(2)21/h10-11,14,19H,3-9,12H2,1-2H3. The predicted molar refractivity (Wildman–Crippen MR) is 91.6 cm³/mol. The summed E-state index contributed by atoms with van der Waals surface area (Å²) in [6.45, 7) is 5.23. The van der Waals surface area contributed by atoms with E-state index >= 15 is 0 Å². The quantitative estimate of drug-likeness (QED) is 0.792. The first-order valence-corrected chi connectivity index (χ1v) is 10.1. The van der Waals surface area contributed by atoms with Crippen LogP contribution in [0.2, 0.25) is 0 Å². The van der Waals surface area contributed by atoms with E-state index in [9.17, 15) is 13.2 Å². The molecule has 0 unspecified atom stereocenters. The minimum absolute atomic E-state index is 0.122. The summed E-state index contributed by atoms with van der Waals surface area (Å²) in [6, 6.07) is 0. The highest BCUT2D eigenvalue weighted by atomic mass is 32.2. The molecule has 0 aromatic carbocycles. The molecule has 1 aromatic rings. The fourth-order valence-corrected chi connectivity index (χ4v) is 3.90. The van der Waals surface area contributed by atoms with E-state index in [0.717, 1.165) is 38.0 Å². The van der Waals surface area contributed by atoms with Crippen molar-refractivity contribution >= 4 is 15.9 Å². The Bertz CT molecular complexity index is 638. The van der Waals surface area contributed by atoms with Crippen LogP contribution in [0, 0.1) is 5.92 Å². The number of nitrogens with zero attached hydrogens (tertiary/aromatic N) is 3. The molecule has 1 N–H and O–H groups in total. The highest BCUT2D eigenvalue weighted by molar-refractivity contribution is 7.89. The molecular weight excluding hydrogens is 328 g/mol. The number of piperidine rings is 1. The minimum atomic E-state index is -3.22. The van der Waals surface area contributed by atoms with Gasteiger partial charge in [0.25, 0.3) is 0 Å². The normalized spacial score (nSPS) is 16.3. The molecule has 7 nitrogen and oxygen atoms in total. The van der Waals surface area contributed by atoms with Gasteiger partial charge >= 0.3 is 0 Å². The van der Waals surface area contributed by atoms with Crippen LogP contribution in [0.5, 0.6) is 0 Å². The Labute approximate surface area is 143 Å². The Hall–Kier alpha value is -1.54. The molecule has 2 heterocycles. The summed E-state index contributed by atoms with van der Waals surface area (Å²) in [5, 5.41) is 0. The fourth-order valence-electron chi connectivity index (χ4n) is 2.85. The molecule has 24 heavy (non-hydrogen) atoms. The summed E-state index contributed by atoms with van der Waals surface area (Å²) in [5.41, 5.74) is 1.53. The number of aromatic nitrogens is 2. The van der Waals surface area contributed by atoms with Crippen molar-refractivity contribution in [2.75, 3.05) is 18.8 Å². The first-order valence-electron chi connectivity index (χ1n) is 8.42. The number of carbonyl (C=O) groups is 1. The number of hydrogen-bond acceptors (Lipinski definition) is 5. The summed E-state index contributed by atoms with van der Waals surface area (Å²) in [6.07, 6.45) is 6.76. The lowest BCUT2D eigenvalue weighted by atomic mass is 9.92. The van der Waals surface area contributed by atoms with Crippen molar-refractivity contribution in [3.05, 3.63) is 23.8 Å². The van der Waals surface area contributed by atoms with Crippen LogP contribution >= 0.6 is 0 Å². The number of amides is 1. The fraction of sp³-hybridized carbons (Fsp3) is 0.688. The molecule has 8 heteroatoms. The molecule has 2 rings (SSSR count). The Balaban J connectivity index is 1.81. The van der Waals surface area contributed by atoms with E-state index in [1.54, 1.807) is 19.3 Å². The van der Waals surface area contributed by atoms with Crippen molar-refractivity contribution in [2.45, 2.75) is 46.1 Å². The number of carbonyl (C=O) groups excluding carboxylic acids is 1. The lowest BCUT2D eigenvalue weighted by Gasteiger charge is -2.31. The first-order chi connectivity index (χ1) is 11.4. The van der Waals surface area contributed by atoms with Crippen molar-refractivity contribution < 1.29 is 13.2 Å². The van der Waals surface area contributed by atoms with Crippen molar-refractivity contribution in [3.63, 3.8) is 0 Å². The monoisotopic (exact) mass is 354 g/mol. The Kier molecular flexibility index (Phi) is 6.68. The minimum Gasteiger partial charge on any atom is -0.343 e. The number of likely N-dealkylation sites (tertiary alicyclic amines) is 1. The third kappa shape index (κ3) is 5.83. The molecule has 0 atom stereocenters. The summed E-state index contributed by atoms with van der Waals surface area (Å²) < 4.78 is 25.8. The predicted octanol–water partition coefficient (Wildman–Crippen LogP) is 1.11. The van der Waals surface area contributed by atoms with Crippen LogP contribution in [0.3, 0.4) is 0 Å². The van der Waals surface area contributed by atoms with E-state index in [0.29, 0.717) is 18.0 Å². The van der Waals surface area contributed by atoms with Crippen molar-refractivity contribution in [1.29, 1.82) is 0 Å². The summed E-state index contributed by atoms with van der Waals surface area (Å²) >= 11 is 0. The Morgan fingerprint density at radius 2 is 1.88 bits per heavy atom. The maximum atomic E-state index is 11.6. The van der Waals surface area contributed by atoms with E-state index in [4.69, 9.17) is 0 Å². The average molecular weight is 354 g/mol. The average Bonchev–Trinajstić information content (AvgIpc) is 2.55. The molecule has 0 bridgehead atoms. The molecule has 1 fully saturated rings. The smallest absolute Gasteiger partial charge is 0.219 e. The molecule has 134 valence electrons. The van der Waals surface area contributed by atoms with E-state index in [2.05, 4.69) is 14.7 Å². The maximum absolute atomic E-state index is 11.6. The lowest BCUT2D eigenvalue weighted by Crippen LogP contribution is -2.37. The van der Waals surface area contributed by atoms with Gasteiger partial charge in [0.2, 0.25) is 15.9 Å². The van der Waals surface area contributed by atoms with Gasteiger partial charge in [-0.05, 0) is 31.6 Å². The second kappa shape index (κ2) is 8.53. The second-order valence-corrected chi connectivity index (χ2v) is 8.22. The second-order valence-electron chi connectivity index (χ2n) is 6.29.